The maximum atomic E-state index is 12.4. The second-order valence-corrected chi connectivity index (χ2v) is 6.41. The number of rotatable bonds is 5. The molecule has 2 N–H and O–H groups in total. The average Bonchev–Trinajstić information content (AvgIpc) is 2.47. The van der Waals surface area contributed by atoms with Crippen molar-refractivity contribution < 1.29 is 17.9 Å². The van der Waals surface area contributed by atoms with Gasteiger partial charge in [0.05, 0.1) is 19.1 Å². The van der Waals surface area contributed by atoms with Gasteiger partial charge in [-0.1, -0.05) is 0 Å². The molecule has 1 aliphatic heterocycles. The summed E-state index contributed by atoms with van der Waals surface area (Å²) in [6.07, 6.45) is 1.58. The van der Waals surface area contributed by atoms with Crippen molar-refractivity contribution in [1.29, 1.82) is 0 Å². The Hall–Kier alpha value is -1.02. The monoisotopic (exact) mass is 336 g/mol. The van der Waals surface area contributed by atoms with Crippen molar-refractivity contribution in [2.45, 2.75) is 23.8 Å². The molecule has 1 saturated heterocycles. The minimum atomic E-state index is -3.56. The van der Waals surface area contributed by atoms with Gasteiger partial charge in [0.2, 0.25) is 10.0 Å². The third-order valence-electron chi connectivity index (χ3n) is 3.30. The van der Waals surface area contributed by atoms with Crippen molar-refractivity contribution in [3.8, 4) is 11.5 Å². The third kappa shape index (κ3) is 4.74. The van der Waals surface area contributed by atoms with E-state index in [1.165, 1.54) is 26.4 Å². The molecule has 0 unspecified atom stereocenters. The number of piperidine rings is 1. The van der Waals surface area contributed by atoms with Crippen LogP contribution in [0.4, 0.5) is 0 Å². The van der Waals surface area contributed by atoms with Gasteiger partial charge in [0.15, 0.2) is 0 Å². The van der Waals surface area contributed by atoms with Crippen LogP contribution in [0.2, 0.25) is 0 Å². The number of nitrogens with one attached hydrogen (secondary N) is 2. The first-order chi connectivity index (χ1) is 9.55. The lowest BCUT2D eigenvalue weighted by molar-refractivity contribution is 0.391. The predicted octanol–water partition coefficient (Wildman–Crippen LogP) is 1.16. The van der Waals surface area contributed by atoms with Gasteiger partial charge < -0.3 is 14.8 Å². The largest absolute Gasteiger partial charge is 0.497 e. The molecule has 1 aliphatic rings. The van der Waals surface area contributed by atoms with Crippen molar-refractivity contribution >= 4 is 22.4 Å². The van der Waals surface area contributed by atoms with E-state index in [0.29, 0.717) is 11.5 Å². The lowest BCUT2D eigenvalue weighted by atomic mass is 10.1. The van der Waals surface area contributed by atoms with Crippen LogP contribution in [0, 0.1) is 0 Å². The zero-order valence-electron chi connectivity index (χ0n) is 12.1. The van der Waals surface area contributed by atoms with Crippen LogP contribution in [-0.2, 0) is 10.0 Å². The molecule has 0 bridgehead atoms. The summed E-state index contributed by atoms with van der Waals surface area (Å²) in [5.74, 6) is 0.907. The topological polar surface area (TPSA) is 76.7 Å². The molecule has 120 valence electrons. The molecule has 1 aromatic rings. The first kappa shape index (κ1) is 18.0. The molecule has 0 atom stereocenters. The van der Waals surface area contributed by atoms with E-state index in [4.69, 9.17) is 9.47 Å². The van der Waals surface area contributed by atoms with Gasteiger partial charge in [0, 0.05) is 24.2 Å². The van der Waals surface area contributed by atoms with Crippen LogP contribution in [0.1, 0.15) is 12.8 Å². The maximum absolute atomic E-state index is 12.4. The Morgan fingerprint density at radius 2 is 1.62 bits per heavy atom. The normalized spacial score (nSPS) is 16.1. The summed E-state index contributed by atoms with van der Waals surface area (Å²) in [6.45, 7) is 1.66. The Morgan fingerprint density at radius 3 is 2.10 bits per heavy atom. The molecular formula is C13H21ClN2O4S. The fourth-order valence-electron chi connectivity index (χ4n) is 2.16. The summed E-state index contributed by atoms with van der Waals surface area (Å²) < 4.78 is 37.7. The van der Waals surface area contributed by atoms with Crippen LogP contribution in [0.15, 0.2) is 23.1 Å². The van der Waals surface area contributed by atoms with Gasteiger partial charge >= 0.3 is 0 Å². The number of ether oxygens (including phenoxy) is 2. The second-order valence-electron chi connectivity index (χ2n) is 4.69. The highest BCUT2D eigenvalue weighted by atomic mass is 35.5. The molecule has 1 heterocycles. The summed E-state index contributed by atoms with van der Waals surface area (Å²) in [6, 6.07) is 4.60. The van der Waals surface area contributed by atoms with E-state index >= 15 is 0 Å². The SMILES string of the molecule is COc1cc(OC)cc(S(=O)(=O)NC2CCNCC2)c1.Cl. The summed E-state index contributed by atoms with van der Waals surface area (Å²) in [5.41, 5.74) is 0. The van der Waals surface area contributed by atoms with Crippen LogP contribution >= 0.6 is 12.4 Å². The minimum absolute atomic E-state index is 0. The van der Waals surface area contributed by atoms with E-state index < -0.39 is 10.0 Å². The van der Waals surface area contributed by atoms with Crippen molar-refractivity contribution in [2.75, 3.05) is 27.3 Å². The summed E-state index contributed by atoms with van der Waals surface area (Å²) >= 11 is 0. The zero-order chi connectivity index (χ0) is 14.6. The van der Waals surface area contributed by atoms with Crippen molar-refractivity contribution in [1.82, 2.24) is 10.0 Å². The third-order valence-corrected chi connectivity index (χ3v) is 4.80. The van der Waals surface area contributed by atoms with Crippen LogP contribution in [-0.4, -0.2) is 41.8 Å². The zero-order valence-corrected chi connectivity index (χ0v) is 13.7. The Morgan fingerprint density at radius 1 is 1.10 bits per heavy atom. The van der Waals surface area contributed by atoms with E-state index in [-0.39, 0.29) is 23.3 Å². The van der Waals surface area contributed by atoms with E-state index in [1.54, 1.807) is 6.07 Å². The molecule has 0 aliphatic carbocycles. The lowest BCUT2D eigenvalue weighted by Gasteiger charge is -2.23. The minimum Gasteiger partial charge on any atom is -0.497 e. The summed E-state index contributed by atoms with van der Waals surface area (Å²) in [7, 11) is -0.580. The van der Waals surface area contributed by atoms with Gasteiger partial charge in [-0.05, 0) is 25.9 Å². The molecule has 2 rings (SSSR count). The van der Waals surface area contributed by atoms with Crippen LogP contribution in [0.25, 0.3) is 0 Å². The molecule has 6 nitrogen and oxygen atoms in total. The number of methoxy groups -OCH3 is 2. The van der Waals surface area contributed by atoms with E-state index in [1.807, 2.05) is 0 Å². The molecule has 1 aromatic carbocycles. The fourth-order valence-corrected chi connectivity index (χ4v) is 3.52. The number of hydrogen-bond acceptors (Lipinski definition) is 5. The van der Waals surface area contributed by atoms with Gasteiger partial charge in [-0.25, -0.2) is 13.1 Å². The highest BCUT2D eigenvalue weighted by molar-refractivity contribution is 7.89. The molecule has 0 amide bonds. The Labute approximate surface area is 131 Å². The van der Waals surface area contributed by atoms with Crippen molar-refractivity contribution in [3.63, 3.8) is 0 Å². The molecule has 0 radical (unpaired) electrons. The fraction of sp³-hybridized carbons (Fsp3) is 0.538. The smallest absolute Gasteiger partial charge is 0.241 e. The molecule has 1 fully saturated rings. The maximum Gasteiger partial charge on any atom is 0.241 e. The summed E-state index contributed by atoms with van der Waals surface area (Å²) in [4.78, 5) is 0.159. The first-order valence-corrected chi connectivity index (χ1v) is 7.99. The number of halogens is 1. The molecule has 0 spiro atoms. The average molecular weight is 337 g/mol. The Balaban J connectivity index is 0.00000220. The number of benzene rings is 1. The molecule has 21 heavy (non-hydrogen) atoms. The van der Waals surface area contributed by atoms with Gasteiger partial charge in [-0.15, -0.1) is 12.4 Å². The quantitative estimate of drug-likeness (QED) is 0.843. The van der Waals surface area contributed by atoms with Gasteiger partial charge in [0.25, 0.3) is 0 Å². The van der Waals surface area contributed by atoms with Gasteiger partial charge in [0.1, 0.15) is 11.5 Å². The van der Waals surface area contributed by atoms with Crippen molar-refractivity contribution in [2.24, 2.45) is 0 Å². The van der Waals surface area contributed by atoms with Gasteiger partial charge in [-0.3, -0.25) is 0 Å². The van der Waals surface area contributed by atoms with E-state index in [9.17, 15) is 8.42 Å². The van der Waals surface area contributed by atoms with Gasteiger partial charge in [-0.2, -0.15) is 0 Å². The molecule has 0 saturated carbocycles. The van der Waals surface area contributed by atoms with Crippen molar-refractivity contribution in [3.05, 3.63) is 18.2 Å². The van der Waals surface area contributed by atoms with Crippen LogP contribution in [0.3, 0.4) is 0 Å². The van der Waals surface area contributed by atoms with E-state index in [2.05, 4.69) is 10.0 Å². The summed E-state index contributed by atoms with van der Waals surface area (Å²) in [5, 5.41) is 3.20. The van der Waals surface area contributed by atoms with Crippen LogP contribution < -0.4 is 19.5 Å². The number of hydrogen-bond donors (Lipinski definition) is 2. The molecular weight excluding hydrogens is 316 g/mol. The predicted molar refractivity (Wildman–Crippen MR) is 83.0 cm³/mol. The second kappa shape index (κ2) is 7.84. The highest BCUT2D eigenvalue weighted by Gasteiger charge is 2.22. The van der Waals surface area contributed by atoms with Crippen LogP contribution in [0.5, 0.6) is 11.5 Å². The Kier molecular flexibility index (Phi) is 6.73. The molecule has 0 aromatic heterocycles. The first-order valence-electron chi connectivity index (χ1n) is 6.51. The highest BCUT2D eigenvalue weighted by Crippen LogP contribution is 2.25. The Bertz CT molecular complexity index is 537. The lowest BCUT2D eigenvalue weighted by Crippen LogP contribution is -2.42. The molecule has 8 heteroatoms. The standard InChI is InChI=1S/C13H20N2O4S.ClH/c1-18-11-7-12(19-2)9-13(8-11)20(16,17)15-10-3-5-14-6-4-10;/h7-10,14-15H,3-6H2,1-2H3;1H. The van der Waals surface area contributed by atoms with E-state index in [0.717, 1.165) is 25.9 Å². The number of sulfonamides is 1.